The normalized spacial score (nSPS) is 17.3. The van der Waals surface area contributed by atoms with E-state index in [0.717, 1.165) is 12.1 Å². The highest BCUT2D eigenvalue weighted by Crippen LogP contribution is 2.32. The van der Waals surface area contributed by atoms with Gasteiger partial charge in [0.05, 0.1) is 0 Å². The predicted octanol–water partition coefficient (Wildman–Crippen LogP) is 3.22. The molecule has 0 aliphatic carbocycles. The Bertz CT molecular complexity index is 714. The van der Waals surface area contributed by atoms with Crippen LogP contribution >= 0.6 is 0 Å². The zero-order chi connectivity index (χ0) is 14.7. The molecule has 1 nitrogen and oxygen atoms in total. The van der Waals surface area contributed by atoms with Crippen LogP contribution in [0.15, 0.2) is 79.4 Å². The first-order valence-electron chi connectivity index (χ1n) is 7.21. The van der Waals surface area contributed by atoms with Gasteiger partial charge in [-0.05, 0) is 23.8 Å². The van der Waals surface area contributed by atoms with Crippen LogP contribution in [0.1, 0.15) is 5.56 Å². The Balaban J connectivity index is 2.17. The molecule has 0 fully saturated rings. The molecule has 0 N–H and O–H groups in total. The number of hydrogen-bond donors (Lipinski definition) is 0. The van der Waals surface area contributed by atoms with Gasteiger partial charge in [-0.2, -0.15) is 0 Å². The zero-order valence-electron chi connectivity index (χ0n) is 12.3. The van der Waals surface area contributed by atoms with Gasteiger partial charge in [-0.25, -0.2) is 0 Å². The number of nitrogens with zero attached hydrogens (tertiary/aromatic N) is 1. The summed E-state index contributed by atoms with van der Waals surface area (Å²) in [5, 5.41) is 0. The number of hydrogen-bond acceptors (Lipinski definition) is 1. The molecule has 0 atom stereocenters. The minimum Gasteiger partial charge on any atom is -0.337 e. The number of benzene rings is 2. The van der Waals surface area contributed by atoms with Gasteiger partial charge in [0.15, 0.2) is 0 Å². The Labute approximate surface area is 127 Å². The molecule has 21 heavy (non-hydrogen) atoms. The van der Waals surface area contributed by atoms with E-state index in [1.165, 1.54) is 22.4 Å². The standard InChI is InChI=1S/C19H18BN/c1-15-8-4-3-7-13-21(17-9-5-2-6-10-17)19-12-11-16(20)14-18(15)19/h2-12,14H,1,13,20H2/b7-3-,8-4-. The summed E-state index contributed by atoms with van der Waals surface area (Å²) < 4.78 is 0. The summed E-state index contributed by atoms with van der Waals surface area (Å²) in [5.74, 6) is 0. The lowest BCUT2D eigenvalue weighted by molar-refractivity contribution is 1.09. The molecule has 0 saturated carbocycles. The smallest absolute Gasteiger partial charge is 0.139 e. The highest BCUT2D eigenvalue weighted by atomic mass is 15.1. The Hall–Kier alpha value is -2.48. The van der Waals surface area contributed by atoms with Crippen molar-refractivity contribution in [3.05, 3.63) is 85.0 Å². The molecule has 0 saturated heterocycles. The SMILES string of the molecule is Bc1ccc2c(c1)C(=C)/C=C\C=C/CN2c1ccccc1. The number of fused-ring (bicyclic) bond motifs is 1. The van der Waals surface area contributed by atoms with Crippen molar-refractivity contribution in [3.8, 4) is 0 Å². The summed E-state index contributed by atoms with van der Waals surface area (Å²) in [7, 11) is 2.12. The molecule has 0 aromatic heterocycles. The van der Waals surface area contributed by atoms with E-state index in [1.54, 1.807) is 0 Å². The van der Waals surface area contributed by atoms with Crippen molar-refractivity contribution in [2.24, 2.45) is 0 Å². The van der Waals surface area contributed by atoms with Gasteiger partial charge >= 0.3 is 0 Å². The van der Waals surface area contributed by atoms with Gasteiger partial charge in [0.1, 0.15) is 7.85 Å². The summed E-state index contributed by atoms with van der Waals surface area (Å²) in [5.41, 5.74) is 5.89. The lowest BCUT2D eigenvalue weighted by atomic mass is 9.91. The van der Waals surface area contributed by atoms with Crippen LogP contribution in [0.4, 0.5) is 11.4 Å². The van der Waals surface area contributed by atoms with E-state index in [9.17, 15) is 0 Å². The minimum atomic E-state index is 0.845. The summed E-state index contributed by atoms with van der Waals surface area (Å²) in [6.07, 6.45) is 8.39. The lowest BCUT2D eigenvalue weighted by Gasteiger charge is -2.26. The summed E-state index contributed by atoms with van der Waals surface area (Å²) >= 11 is 0. The molecule has 0 amide bonds. The third-order valence-corrected chi connectivity index (χ3v) is 3.69. The van der Waals surface area contributed by atoms with Crippen molar-refractivity contribution in [2.45, 2.75) is 0 Å². The fourth-order valence-corrected chi connectivity index (χ4v) is 2.60. The molecule has 0 unspecified atom stereocenters. The summed E-state index contributed by atoms with van der Waals surface area (Å²) in [6, 6.07) is 17.1. The minimum absolute atomic E-state index is 0.845. The molecule has 2 heteroatoms. The van der Waals surface area contributed by atoms with Crippen LogP contribution in [0, 0.1) is 0 Å². The van der Waals surface area contributed by atoms with Crippen molar-refractivity contribution in [3.63, 3.8) is 0 Å². The first-order valence-corrected chi connectivity index (χ1v) is 7.21. The first-order chi connectivity index (χ1) is 10.3. The predicted molar refractivity (Wildman–Crippen MR) is 95.4 cm³/mol. The number of anilines is 2. The molecule has 2 aromatic carbocycles. The van der Waals surface area contributed by atoms with Gasteiger partial charge in [0, 0.05) is 23.5 Å². The Kier molecular flexibility index (Phi) is 3.78. The van der Waals surface area contributed by atoms with Gasteiger partial charge in [-0.3, -0.25) is 0 Å². The van der Waals surface area contributed by atoms with Gasteiger partial charge < -0.3 is 4.90 Å². The second-order valence-electron chi connectivity index (χ2n) is 5.28. The van der Waals surface area contributed by atoms with Gasteiger partial charge in [-0.1, -0.05) is 66.7 Å². The fraction of sp³-hybridized carbons (Fsp3) is 0.0526. The van der Waals surface area contributed by atoms with Crippen LogP contribution in [-0.4, -0.2) is 14.4 Å². The van der Waals surface area contributed by atoms with Crippen LogP contribution in [0.25, 0.3) is 5.57 Å². The van der Waals surface area contributed by atoms with Crippen LogP contribution in [0.5, 0.6) is 0 Å². The summed E-state index contributed by atoms with van der Waals surface area (Å²) in [6.45, 7) is 5.07. The van der Waals surface area contributed by atoms with E-state index in [-0.39, 0.29) is 0 Å². The molecule has 0 radical (unpaired) electrons. The molecule has 0 bridgehead atoms. The third kappa shape index (κ3) is 2.85. The van der Waals surface area contributed by atoms with E-state index >= 15 is 0 Å². The lowest BCUT2D eigenvalue weighted by Crippen LogP contribution is -2.19. The molecule has 0 spiro atoms. The van der Waals surface area contributed by atoms with Crippen LogP contribution in [0.2, 0.25) is 0 Å². The average Bonchev–Trinajstić information content (AvgIpc) is 2.58. The first kappa shape index (κ1) is 13.5. The van der Waals surface area contributed by atoms with Gasteiger partial charge in [0.25, 0.3) is 0 Å². The second-order valence-corrected chi connectivity index (χ2v) is 5.28. The van der Waals surface area contributed by atoms with Crippen LogP contribution in [-0.2, 0) is 0 Å². The maximum absolute atomic E-state index is 4.22. The molecule has 3 rings (SSSR count). The fourth-order valence-electron chi connectivity index (χ4n) is 2.60. The quantitative estimate of drug-likeness (QED) is 0.720. The van der Waals surface area contributed by atoms with E-state index in [4.69, 9.17) is 0 Å². The van der Waals surface area contributed by atoms with E-state index in [1.807, 2.05) is 6.07 Å². The molecular formula is C19H18BN. The zero-order valence-corrected chi connectivity index (χ0v) is 12.3. The van der Waals surface area contributed by atoms with Crippen LogP contribution < -0.4 is 10.4 Å². The topological polar surface area (TPSA) is 3.24 Å². The average molecular weight is 271 g/mol. The molecular weight excluding hydrogens is 253 g/mol. The number of allylic oxidation sites excluding steroid dienone is 4. The van der Waals surface area contributed by atoms with E-state index in [0.29, 0.717) is 0 Å². The van der Waals surface area contributed by atoms with Gasteiger partial charge in [-0.15, -0.1) is 0 Å². The Morgan fingerprint density at radius 2 is 1.81 bits per heavy atom. The summed E-state index contributed by atoms with van der Waals surface area (Å²) in [4.78, 5) is 2.32. The highest BCUT2D eigenvalue weighted by Gasteiger charge is 2.14. The maximum atomic E-state index is 4.22. The Morgan fingerprint density at radius 3 is 2.62 bits per heavy atom. The van der Waals surface area contributed by atoms with Crippen molar-refractivity contribution in [2.75, 3.05) is 11.4 Å². The maximum Gasteiger partial charge on any atom is 0.139 e. The highest BCUT2D eigenvalue weighted by molar-refractivity contribution is 6.32. The van der Waals surface area contributed by atoms with Crippen molar-refractivity contribution >= 4 is 30.3 Å². The van der Waals surface area contributed by atoms with E-state index in [2.05, 4.69) is 86.1 Å². The largest absolute Gasteiger partial charge is 0.337 e. The van der Waals surface area contributed by atoms with Crippen molar-refractivity contribution < 1.29 is 0 Å². The molecule has 1 aliphatic rings. The second kappa shape index (κ2) is 5.88. The number of rotatable bonds is 1. The Morgan fingerprint density at radius 1 is 1.00 bits per heavy atom. The van der Waals surface area contributed by atoms with Crippen molar-refractivity contribution in [1.29, 1.82) is 0 Å². The molecule has 1 heterocycles. The van der Waals surface area contributed by atoms with Crippen LogP contribution in [0.3, 0.4) is 0 Å². The third-order valence-electron chi connectivity index (χ3n) is 3.69. The molecule has 102 valence electrons. The van der Waals surface area contributed by atoms with E-state index < -0.39 is 0 Å². The molecule has 2 aromatic rings. The monoisotopic (exact) mass is 271 g/mol. The van der Waals surface area contributed by atoms with Crippen molar-refractivity contribution in [1.82, 2.24) is 0 Å². The van der Waals surface area contributed by atoms with Gasteiger partial charge in [0.2, 0.25) is 0 Å². The molecule has 1 aliphatic heterocycles. The number of para-hydroxylation sites is 1.